The molecule has 0 spiro atoms. The van der Waals surface area contributed by atoms with Gasteiger partial charge in [0.2, 0.25) is 0 Å². The van der Waals surface area contributed by atoms with Gasteiger partial charge in [-0.15, -0.1) is 35.3 Å². The van der Waals surface area contributed by atoms with Gasteiger partial charge < -0.3 is 15.2 Å². The molecule has 0 bridgehead atoms. The molecule has 0 aliphatic carbocycles. The fourth-order valence-electron chi connectivity index (χ4n) is 0.701. The number of hydrogen-bond acceptors (Lipinski definition) is 7. The van der Waals surface area contributed by atoms with E-state index in [1.165, 1.54) is 0 Å². The third-order valence-corrected chi connectivity index (χ3v) is 6.01. The van der Waals surface area contributed by atoms with Crippen molar-refractivity contribution in [3.63, 3.8) is 0 Å². The van der Waals surface area contributed by atoms with Gasteiger partial charge in [0.05, 0.1) is 12.5 Å². The smallest absolute Gasteiger partial charge is 0.407 e. The van der Waals surface area contributed by atoms with Crippen LogP contribution in [0.3, 0.4) is 0 Å². The maximum absolute atomic E-state index is 11.0. The van der Waals surface area contributed by atoms with E-state index in [0.717, 1.165) is 15.3 Å². The summed E-state index contributed by atoms with van der Waals surface area (Å²) >= 11 is 7.26. The minimum Gasteiger partial charge on any atom is -0.449 e. The van der Waals surface area contributed by atoms with E-state index in [1.54, 1.807) is 11.8 Å². The molecule has 17 heavy (non-hydrogen) atoms. The Labute approximate surface area is 120 Å². The molecule has 2 N–H and O–H groups in total. The predicted octanol–water partition coefficient (Wildman–Crippen LogP) is 2.49. The van der Waals surface area contributed by atoms with Crippen molar-refractivity contribution in [2.45, 2.75) is 6.42 Å². The number of carbonyl (C=O) groups excluding carboxylic acids is 1. The number of amides is 1. The summed E-state index contributed by atoms with van der Waals surface area (Å²) in [5.74, 6) is 0.568. The van der Waals surface area contributed by atoms with Crippen molar-refractivity contribution in [1.29, 1.82) is 0 Å². The third kappa shape index (κ3) is 14.6. The molecule has 102 valence electrons. The Morgan fingerprint density at radius 3 is 2.65 bits per heavy atom. The lowest BCUT2D eigenvalue weighted by atomic mass is 10.5. The number of rotatable bonds is 11. The highest BCUT2D eigenvalue weighted by atomic mass is 32.2. The van der Waals surface area contributed by atoms with Crippen molar-refractivity contribution in [3.8, 4) is 0 Å². The molecule has 0 saturated heterocycles. The summed E-state index contributed by atoms with van der Waals surface area (Å²) < 4.78 is 4.81. The highest BCUT2D eigenvalue weighted by molar-refractivity contribution is 8.25. The van der Waals surface area contributed by atoms with Crippen molar-refractivity contribution in [1.82, 2.24) is 5.32 Å². The van der Waals surface area contributed by atoms with E-state index in [2.05, 4.69) is 11.6 Å². The zero-order chi connectivity index (χ0) is 12.8. The van der Waals surface area contributed by atoms with Gasteiger partial charge in [-0.3, -0.25) is 0 Å². The van der Waals surface area contributed by atoms with Crippen LogP contribution in [0.2, 0.25) is 0 Å². The van der Waals surface area contributed by atoms with Crippen LogP contribution in [-0.2, 0) is 4.74 Å². The number of ether oxygens (including phenoxy) is 1. The van der Waals surface area contributed by atoms with Gasteiger partial charge in [0, 0.05) is 28.3 Å². The lowest BCUT2D eigenvalue weighted by Gasteiger charge is -2.05. The quantitative estimate of drug-likeness (QED) is 0.448. The molecule has 1 amide bonds. The van der Waals surface area contributed by atoms with Gasteiger partial charge in [-0.25, -0.2) is 4.79 Å². The van der Waals surface area contributed by atoms with Crippen LogP contribution in [0.4, 0.5) is 4.79 Å². The largest absolute Gasteiger partial charge is 0.449 e. The van der Waals surface area contributed by atoms with Crippen LogP contribution in [0.15, 0.2) is 0 Å². The number of alkyl carbamates (subject to hydrolysis) is 1. The minimum absolute atomic E-state index is 0.0480. The van der Waals surface area contributed by atoms with Crippen LogP contribution in [0.1, 0.15) is 6.42 Å². The fourth-order valence-corrected chi connectivity index (χ4v) is 4.63. The molecule has 0 heterocycles. The van der Waals surface area contributed by atoms with Gasteiger partial charge >= 0.3 is 6.09 Å². The second-order valence-electron chi connectivity index (χ2n) is 2.79. The molecule has 0 aliphatic heterocycles. The van der Waals surface area contributed by atoms with Crippen LogP contribution in [0.5, 0.6) is 0 Å². The Morgan fingerprint density at radius 1 is 1.24 bits per heavy atom. The van der Waals surface area contributed by atoms with Crippen LogP contribution in [-0.4, -0.2) is 51.8 Å². The third-order valence-electron chi connectivity index (χ3n) is 1.39. The Kier molecular flexibility index (Phi) is 15.2. The SMILES string of the molecule is CSCSCSCSCNC(=O)OCCCO. The second kappa shape index (κ2) is 14.7. The molecule has 8 heteroatoms. The Hall–Kier alpha value is 0.630. The van der Waals surface area contributed by atoms with E-state index >= 15 is 0 Å². The maximum atomic E-state index is 11.0. The van der Waals surface area contributed by atoms with E-state index in [0.29, 0.717) is 12.3 Å². The van der Waals surface area contributed by atoms with Gasteiger partial charge in [0.1, 0.15) is 0 Å². The van der Waals surface area contributed by atoms with E-state index in [-0.39, 0.29) is 13.2 Å². The standard InChI is InChI=1S/C9H19NO3S4/c1-14-6-16-8-17-7-15-5-10-9(12)13-4-2-3-11/h11H,2-8H2,1H3,(H,10,12). The molecule has 0 aromatic carbocycles. The summed E-state index contributed by atoms with van der Waals surface area (Å²) in [4.78, 5) is 11.0. The summed E-state index contributed by atoms with van der Waals surface area (Å²) in [6, 6.07) is 0. The minimum atomic E-state index is -0.410. The number of aliphatic hydroxyl groups excluding tert-OH is 1. The average Bonchev–Trinajstić information content (AvgIpc) is 2.33. The number of aliphatic hydroxyl groups is 1. The summed E-state index contributed by atoms with van der Waals surface area (Å²) in [7, 11) is 0. The Morgan fingerprint density at radius 2 is 1.94 bits per heavy atom. The highest BCUT2D eigenvalue weighted by Gasteiger charge is 1.99. The molecule has 0 radical (unpaired) electrons. The number of thioether (sulfide) groups is 4. The van der Waals surface area contributed by atoms with Crippen LogP contribution >= 0.6 is 47.0 Å². The van der Waals surface area contributed by atoms with Crippen molar-refractivity contribution < 1.29 is 14.6 Å². The topological polar surface area (TPSA) is 58.6 Å². The molecule has 0 aromatic rings. The van der Waals surface area contributed by atoms with Gasteiger partial charge in [-0.1, -0.05) is 0 Å². The van der Waals surface area contributed by atoms with Crippen LogP contribution in [0, 0.1) is 0 Å². The van der Waals surface area contributed by atoms with E-state index in [9.17, 15) is 4.79 Å². The summed E-state index contributed by atoms with van der Waals surface area (Å²) in [5.41, 5.74) is 0. The number of nitrogens with one attached hydrogen (secondary N) is 1. The first-order valence-corrected chi connectivity index (χ1v) is 9.90. The van der Waals surface area contributed by atoms with E-state index < -0.39 is 6.09 Å². The normalized spacial score (nSPS) is 10.2. The molecular formula is C9H19NO3S4. The first-order chi connectivity index (χ1) is 8.31. The summed E-state index contributed by atoms with van der Waals surface area (Å²) in [5, 5.41) is 14.3. The summed E-state index contributed by atoms with van der Waals surface area (Å²) in [6.45, 7) is 0.319. The highest BCUT2D eigenvalue weighted by Crippen LogP contribution is 2.19. The molecule has 0 rings (SSSR count). The van der Waals surface area contributed by atoms with Crippen LogP contribution < -0.4 is 5.32 Å². The van der Waals surface area contributed by atoms with Gasteiger partial charge in [0.25, 0.3) is 0 Å². The van der Waals surface area contributed by atoms with Crippen molar-refractivity contribution >= 4 is 53.1 Å². The molecule has 0 saturated carbocycles. The molecule has 0 fully saturated rings. The molecule has 0 atom stereocenters. The second-order valence-corrected chi connectivity index (χ2v) is 7.71. The van der Waals surface area contributed by atoms with E-state index in [4.69, 9.17) is 9.84 Å². The van der Waals surface area contributed by atoms with Crippen LogP contribution in [0.25, 0.3) is 0 Å². The monoisotopic (exact) mass is 317 g/mol. The fraction of sp³-hybridized carbons (Fsp3) is 0.889. The van der Waals surface area contributed by atoms with Crippen molar-refractivity contribution in [3.05, 3.63) is 0 Å². The average molecular weight is 318 g/mol. The number of carbonyl (C=O) groups is 1. The molecule has 0 aromatic heterocycles. The molecule has 4 nitrogen and oxygen atoms in total. The molecule has 0 unspecified atom stereocenters. The summed E-state index contributed by atoms with van der Waals surface area (Å²) in [6.07, 6.45) is 2.18. The lowest BCUT2D eigenvalue weighted by molar-refractivity contribution is 0.137. The zero-order valence-electron chi connectivity index (χ0n) is 9.85. The van der Waals surface area contributed by atoms with E-state index in [1.807, 2.05) is 35.3 Å². The van der Waals surface area contributed by atoms with Gasteiger partial charge in [0.15, 0.2) is 0 Å². The molecular weight excluding hydrogens is 298 g/mol. The first-order valence-electron chi connectivity index (χ1n) is 5.05. The van der Waals surface area contributed by atoms with Crippen molar-refractivity contribution in [2.75, 3.05) is 40.6 Å². The predicted molar refractivity (Wildman–Crippen MR) is 81.9 cm³/mol. The maximum Gasteiger partial charge on any atom is 0.407 e. The number of hydrogen-bond donors (Lipinski definition) is 2. The Balaban J connectivity index is 3.08. The first kappa shape index (κ1) is 17.6. The lowest BCUT2D eigenvalue weighted by Crippen LogP contribution is -2.24. The van der Waals surface area contributed by atoms with Gasteiger partial charge in [-0.2, -0.15) is 11.8 Å². The van der Waals surface area contributed by atoms with Gasteiger partial charge in [-0.05, 0) is 6.26 Å². The zero-order valence-corrected chi connectivity index (χ0v) is 13.1. The Bertz CT molecular complexity index is 186. The van der Waals surface area contributed by atoms with Crippen molar-refractivity contribution in [2.24, 2.45) is 0 Å². The molecule has 0 aliphatic rings.